The van der Waals surface area contributed by atoms with Gasteiger partial charge in [0.15, 0.2) is 0 Å². The van der Waals surface area contributed by atoms with Gasteiger partial charge >= 0.3 is 0 Å². The van der Waals surface area contributed by atoms with Crippen molar-refractivity contribution in [2.75, 3.05) is 6.61 Å². The first-order valence-corrected chi connectivity index (χ1v) is 5.48. The SMILES string of the molecule is OCc1ccccc1C1(CO)C=CCC=C1. The Morgan fingerprint density at radius 1 is 1.06 bits per heavy atom. The van der Waals surface area contributed by atoms with E-state index in [1.54, 1.807) is 0 Å². The van der Waals surface area contributed by atoms with Crippen LogP contribution in [0.25, 0.3) is 0 Å². The summed E-state index contributed by atoms with van der Waals surface area (Å²) >= 11 is 0. The standard InChI is InChI=1S/C14H16O2/c15-10-12-6-2-3-7-13(12)14(11-16)8-4-1-5-9-14/h2-9,15-16H,1,10-11H2. The Hall–Kier alpha value is -1.38. The summed E-state index contributed by atoms with van der Waals surface area (Å²) in [5.41, 5.74) is 1.39. The fraction of sp³-hybridized carbons (Fsp3) is 0.286. The van der Waals surface area contributed by atoms with Crippen molar-refractivity contribution in [3.05, 3.63) is 59.7 Å². The second-order valence-electron chi connectivity index (χ2n) is 4.05. The Balaban J connectivity index is 2.51. The molecule has 2 N–H and O–H groups in total. The zero-order valence-corrected chi connectivity index (χ0v) is 9.13. The molecule has 2 heteroatoms. The summed E-state index contributed by atoms with van der Waals surface area (Å²) in [5.74, 6) is 0. The molecule has 16 heavy (non-hydrogen) atoms. The number of benzene rings is 1. The molecule has 0 aromatic heterocycles. The third-order valence-corrected chi connectivity index (χ3v) is 3.05. The lowest BCUT2D eigenvalue weighted by molar-refractivity contribution is 0.244. The zero-order chi connectivity index (χ0) is 11.4. The molecule has 0 bridgehead atoms. The number of hydrogen-bond acceptors (Lipinski definition) is 2. The number of rotatable bonds is 3. The van der Waals surface area contributed by atoms with Crippen LogP contribution in [0.3, 0.4) is 0 Å². The molecule has 0 saturated carbocycles. The van der Waals surface area contributed by atoms with Crippen molar-refractivity contribution in [1.82, 2.24) is 0 Å². The molecule has 0 heterocycles. The van der Waals surface area contributed by atoms with Gasteiger partial charge in [0.25, 0.3) is 0 Å². The molecule has 0 radical (unpaired) electrons. The molecule has 1 aliphatic carbocycles. The number of allylic oxidation sites excluding steroid dienone is 2. The Morgan fingerprint density at radius 3 is 2.38 bits per heavy atom. The Morgan fingerprint density at radius 2 is 1.75 bits per heavy atom. The number of aliphatic hydroxyl groups excluding tert-OH is 2. The van der Waals surface area contributed by atoms with E-state index in [-0.39, 0.29) is 13.2 Å². The van der Waals surface area contributed by atoms with Gasteiger partial charge in [-0.3, -0.25) is 0 Å². The summed E-state index contributed by atoms with van der Waals surface area (Å²) in [7, 11) is 0. The van der Waals surface area contributed by atoms with E-state index in [1.165, 1.54) is 0 Å². The summed E-state index contributed by atoms with van der Waals surface area (Å²) in [6.45, 7) is 0.0244. The normalized spacial score (nSPS) is 17.6. The van der Waals surface area contributed by atoms with Crippen LogP contribution >= 0.6 is 0 Å². The molecule has 1 aromatic carbocycles. The minimum atomic E-state index is -0.461. The van der Waals surface area contributed by atoms with Gasteiger partial charge in [-0.25, -0.2) is 0 Å². The van der Waals surface area contributed by atoms with Crippen LogP contribution in [-0.2, 0) is 12.0 Å². The van der Waals surface area contributed by atoms with Crippen molar-refractivity contribution in [2.24, 2.45) is 0 Å². The number of aliphatic hydroxyl groups is 2. The van der Waals surface area contributed by atoms with Gasteiger partial charge in [0, 0.05) is 0 Å². The van der Waals surface area contributed by atoms with Gasteiger partial charge in [0.05, 0.1) is 18.6 Å². The molecule has 0 aliphatic heterocycles. The predicted octanol–water partition coefficient (Wildman–Crippen LogP) is 1.93. The maximum atomic E-state index is 9.63. The van der Waals surface area contributed by atoms with Crippen LogP contribution in [0.15, 0.2) is 48.6 Å². The quantitative estimate of drug-likeness (QED) is 0.758. The van der Waals surface area contributed by atoms with Gasteiger partial charge in [0.2, 0.25) is 0 Å². The molecular weight excluding hydrogens is 200 g/mol. The minimum absolute atomic E-state index is 0.000394. The molecule has 0 atom stereocenters. The molecule has 0 amide bonds. The average molecular weight is 216 g/mol. The fourth-order valence-corrected chi connectivity index (χ4v) is 2.17. The maximum absolute atomic E-state index is 9.63. The monoisotopic (exact) mass is 216 g/mol. The number of hydrogen-bond donors (Lipinski definition) is 2. The summed E-state index contributed by atoms with van der Waals surface area (Å²) in [6.07, 6.45) is 9.03. The molecule has 0 saturated heterocycles. The third kappa shape index (κ3) is 1.82. The smallest absolute Gasteiger partial charge is 0.0684 e. The third-order valence-electron chi connectivity index (χ3n) is 3.05. The van der Waals surface area contributed by atoms with Crippen molar-refractivity contribution >= 4 is 0 Å². The first-order chi connectivity index (χ1) is 7.82. The lowest BCUT2D eigenvalue weighted by atomic mass is 9.76. The lowest BCUT2D eigenvalue weighted by Gasteiger charge is -2.29. The van der Waals surface area contributed by atoms with Crippen LogP contribution in [0.2, 0.25) is 0 Å². The van der Waals surface area contributed by atoms with Gasteiger partial charge in [-0.1, -0.05) is 48.6 Å². The average Bonchev–Trinajstić information content (AvgIpc) is 2.39. The van der Waals surface area contributed by atoms with E-state index in [0.29, 0.717) is 0 Å². The Bertz CT molecular complexity index is 406. The van der Waals surface area contributed by atoms with Gasteiger partial charge in [-0.2, -0.15) is 0 Å². The van der Waals surface area contributed by atoms with Crippen LogP contribution in [0, 0.1) is 0 Å². The fourth-order valence-electron chi connectivity index (χ4n) is 2.17. The highest BCUT2D eigenvalue weighted by molar-refractivity contribution is 5.44. The van der Waals surface area contributed by atoms with Crippen molar-refractivity contribution in [2.45, 2.75) is 18.4 Å². The maximum Gasteiger partial charge on any atom is 0.0684 e. The Kier molecular flexibility index (Phi) is 3.22. The predicted molar refractivity (Wildman–Crippen MR) is 64.0 cm³/mol. The summed E-state index contributed by atoms with van der Waals surface area (Å²) in [4.78, 5) is 0. The summed E-state index contributed by atoms with van der Waals surface area (Å²) in [6, 6.07) is 7.68. The van der Waals surface area contributed by atoms with Crippen LogP contribution in [0.1, 0.15) is 17.5 Å². The van der Waals surface area contributed by atoms with Gasteiger partial charge in [-0.05, 0) is 17.5 Å². The van der Waals surface area contributed by atoms with Crippen LogP contribution in [-0.4, -0.2) is 16.8 Å². The molecule has 0 unspecified atom stereocenters. The van der Waals surface area contributed by atoms with E-state index in [1.807, 2.05) is 48.6 Å². The van der Waals surface area contributed by atoms with Gasteiger partial charge in [0.1, 0.15) is 0 Å². The highest BCUT2D eigenvalue weighted by atomic mass is 16.3. The molecule has 0 fully saturated rings. The highest BCUT2D eigenvalue weighted by Gasteiger charge is 2.28. The minimum Gasteiger partial charge on any atom is -0.395 e. The summed E-state index contributed by atoms with van der Waals surface area (Å²) in [5, 5.41) is 19.0. The van der Waals surface area contributed by atoms with E-state index in [0.717, 1.165) is 17.5 Å². The van der Waals surface area contributed by atoms with Gasteiger partial charge in [-0.15, -0.1) is 0 Å². The van der Waals surface area contributed by atoms with Crippen LogP contribution in [0.5, 0.6) is 0 Å². The van der Waals surface area contributed by atoms with Crippen molar-refractivity contribution in [1.29, 1.82) is 0 Å². The lowest BCUT2D eigenvalue weighted by Crippen LogP contribution is -2.28. The topological polar surface area (TPSA) is 40.5 Å². The van der Waals surface area contributed by atoms with E-state index < -0.39 is 5.41 Å². The van der Waals surface area contributed by atoms with Crippen molar-refractivity contribution < 1.29 is 10.2 Å². The van der Waals surface area contributed by atoms with E-state index in [2.05, 4.69) is 0 Å². The zero-order valence-electron chi connectivity index (χ0n) is 9.13. The largest absolute Gasteiger partial charge is 0.395 e. The van der Waals surface area contributed by atoms with E-state index in [4.69, 9.17) is 0 Å². The highest BCUT2D eigenvalue weighted by Crippen LogP contribution is 2.32. The first kappa shape index (κ1) is 11.1. The molecular formula is C14H16O2. The van der Waals surface area contributed by atoms with Crippen LogP contribution in [0.4, 0.5) is 0 Å². The van der Waals surface area contributed by atoms with E-state index >= 15 is 0 Å². The van der Waals surface area contributed by atoms with Crippen LogP contribution < -0.4 is 0 Å². The molecule has 1 aromatic rings. The molecule has 2 rings (SSSR count). The van der Waals surface area contributed by atoms with Crippen molar-refractivity contribution in [3.63, 3.8) is 0 Å². The second-order valence-corrected chi connectivity index (χ2v) is 4.05. The molecule has 84 valence electrons. The molecule has 2 nitrogen and oxygen atoms in total. The van der Waals surface area contributed by atoms with Gasteiger partial charge < -0.3 is 10.2 Å². The second kappa shape index (κ2) is 4.64. The van der Waals surface area contributed by atoms with Crippen molar-refractivity contribution in [3.8, 4) is 0 Å². The molecule has 0 spiro atoms. The first-order valence-electron chi connectivity index (χ1n) is 5.48. The Labute approximate surface area is 95.6 Å². The molecule has 1 aliphatic rings. The van der Waals surface area contributed by atoms with E-state index in [9.17, 15) is 10.2 Å². The summed E-state index contributed by atoms with van der Waals surface area (Å²) < 4.78 is 0.